The van der Waals surface area contributed by atoms with Crippen LogP contribution in [-0.2, 0) is 0 Å². The van der Waals surface area contributed by atoms with Crippen LogP contribution in [0.4, 0.5) is 8.78 Å². The van der Waals surface area contributed by atoms with Gasteiger partial charge in [-0.05, 0) is 56.0 Å². The maximum absolute atomic E-state index is 14.1. The molecule has 0 bridgehead atoms. The maximum Gasteiger partial charge on any atom is 0.145 e. The molecule has 0 spiro atoms. The Morgan fingerprint density at radius 3 is 2.33 bits per heavy atom. The number of halogens is 3. The fourth-order valence-corrected chi connectivity index (χ4v) is 2.05. The van der Waals surface area contributed by atoms with Gasteiger partial charge < -0.3 is 4.90 Å². The van der Waals surface area contributed by atoms with E-state index in [-0.39, 0.29) is 10.0 Å². The van der Waals surface area contributed by atoms with Crippen molar-refractivity contribution in [2.24, 2.45) is 5.84 Å². The molecule has 0 amide bonds. The number of nitrogens with two attached hydrogens (primary N) is 1. The second-order valence-electron chi connectivity index (χ2n) is 4.90. The largest absolute Gasteiger partial charge is 0.302 e. The summed E-state index contributed by atoms with van der Waals surface area (Å²) in [5.74, 6) is 4.24. The third-order valence-corrected chi connectivity index (χ3v) is 4.01. The minimum atomic E-state index is -0.676. The summed E-state index contributed by atoms with van der Waals surface area (Å²) in [6.45, 7) is 3.72. The molecule has 0 aliphatic carbocycles. The first-order chi connectivity index (χ1) is 8.23. The highest BCUT2D eigenvalue weighted by Crippen LogP contribution is 2.34. The summed E-state index contributed by atoms with van der Waals surface area (Å²) in [4.78, 5) is 1.86. The molecule has 18 heavy (non-hydrogen) atoms. The fourth-order valence-electron chi connectivity index (χ4n) is 1.71. The first-order valence-corrected chi connectivity index (χ1v) is 6.29. The van der Waals surface area contributed by atoms with Gasteiger partial charge in [0, 0.05) is 11.1 Å². The molecule has 1 rings (SSSR count). The van der Waals surface area contributed by atoms with Crippen molar-refractivity contribution in [1.29, 1.82) is 0 Å². The highest BCUT2D eigenvalue weighted by atomic mass is 79.9. The smallest absolute Gasteiger partial charge is 0.145 e. The Bertz CT molecular complexity index is 436. The summed E-state index contributed by atoms with van der Waals surface area (Å²) in [6, 6.07) is 1.88. The minimum Gasteiger partial charge on any atom is -0.302 e. The second-order valence-corrected chi connectivity index (χ2v) is 5.76. The van der Waals surface area contributed by atoms with Crippen LogP contribution in [-0.4, -0.2) is 24.5 Å². The summed E-state index contributed by atoms with van der Waals surface area (Å²) in [5, 5.41) is 0. The van der Waals surface area contributed by atoms with Crippen molar-refractivity contribution in [2.45, 2.75) is 25.4 Å². The lowest BCUT2D eigenvalue weighted by atomic mass is 9.87. The van der Waals surface area contributed by atoms with E-state index in [4.69, 9.17) is 5.84 Å². The Morgan fingerprint density at radius 2 is 1.89 bits per heavy atom. The number of nitrogens with one attached hydrogen (secondary N) is 1. The van der Waals surface area contributed by atoms with Gasteiger partial charge in [0.25, 0.3) is 0 Å². The van der Waals surface area contributed by atoms with E-state index in [1.807, 2.05) is 32.8 Å². The number of hydrogen-bond donors (Lipinski definition) is 2. The van der Waals surface area contributed by atoms with Crippen molar-refractivity contribution < 1.29 is 8.78 Å². The normalized spacial score (nSPS) is 14.1. The van der Waals surface area contributed by atoms with Gasteiger partial charge >= 0.3 is 0 Å². The molecule has 102 valence electrons. The lowest BCUT2D eigenvalue weighted by Crippen LogP contribution is -2.51. The molecule has 1 aromatic carbocycles. The molecular formula is C12H18BrF2N3. The number of likely N-dealkylation sites (N-methyl/N-ethyl adjacent to an activating group) is 1. The predicted octanol–water partition coefficient (Wildman–Crippen LogP) is 2.57. The molecule has 0 radical (unpaired) electrons. The van der Waals surface area contributed by atoms with Crippen molar-refractivity contribution in [3.05, 3.63) is 33.8 Å². The van der Waals surface area contributed by atoms with Crippen molar-refractivity contribution in [2.75, 3.05) is 14.1 Å². The van der Waals surface area contributed by atoms with Gasteiger partial charge in [0.2, 0.25) is 0 Å². The zero-order valence-corrected chi connectivity index (χ0v) is 12.5. The van der Waals surface area contributed by atoms with Gasteiger partial charge in [0.15, 0.2) is 0 Å². The van der Waals surface area contributed by atoms with E-state index >= 15 is 0 Å². The quantitative estimate of drug-likeness (QED) is 0.509. The third kappa shape index (κ3) is 2.71. The Morgan fingerprint density at radius 1 is 1.33 bits per heavy atom. The van der Waals surface area contributed by atoms with E-state index in [9.17, 15) is 8.78 Å². The molecule has 6 heteroatoms. The average Bonchev–Trinajstić information content (AvgIpc) is 2.29. The summed E-state index contributed by atoms with van der Waals surface area (Å²) in [5.41, 5.74) is 1.88. The molecule has 3 N–H and O–H groups in total. The van der Waals surface area contributed by atoms with Crippen molar-refractivity contribution in [1.82, 2.24) is 10.3 Å². The summed E-state index contributed by atoms with van der Waals surface area (Å²) < 4.78 is 28.2. The average molecular weight is 322 g/mol. The molecule has 0 aromatic heterocycles. The van der Waals surface area contributed by atoms with Gasteiger partial charge in [-0.1, -0.05) is 0 Å². The number of rotatable bonds is 4. The topological polar surface area (TPSA) is 41.3 Å². The van der Waals surface area contributed by atoms with E-state index in [0.29, 0.717) is 0 Å². The molecule has 0 aliphatic heterocycles. The maximum atomic E-state index is 14.1. The van der Waals surface area contributed by atoms with Gasteiger partial charge in [-0.2, -0.15) is 0 Å². The van der Waals surface area contributed by atoms with Gasteiger partial charge in [0.1, 0.15) is 11.6 Å². The van der Waals surface area contributed by atoms with Gasteiger partial charge in [-0.25, -0.2) is 8.78 Å². The van der Waals surface area contributed by atoms with Gasteiger partial charge in [-0.15, -0.1) is 0 Å². The molecule has 0 heterocycles. The summed E-state index contributed by atoms with van der Waals surface area (Å²) in [6.07, 6.45) is 0. The second kappa shape index (κ2) is 5.61. The van der Waals surface area contributed by atoms with Crippen LogP contribution < -0.4 is 11.3 Å². The first-order valence-electron chi connectivity index (χ1n) is 5.50. The number of hydrogen-bond acceptors (Lipinski definition) is 3. The van der Waals surface area contributed by atoms with E-state index < -0.39 is 23.2 Å². The van der Waals surface area contributed by atoms with Crippen LogP contribution in [0, 0.1) is 11.6 Å². The zero-order valence-electron chi connectivity index (χ0n) is 10.9. The van der Waals surface area contributed by atoms with Crippen LogP contribution in [0.2, 0.25) is 0 Å². The first kappa shape index (κ1) is 15.5. The summed E-state index contributed by atoms with van der Waals surface area (Å²) >= 11 is 3.06. The molecule has 1 aromatic rings. The SMILES string of the molecule is CN(C)C(C)(C)C(NN)c1c(F)ccc(Br)c1F. The molecule has 1 atom stereocenters. The van der Waals surface area contributed by atoms with E-state index in [2.05, 4.69) is 21.4 Å². The Balaban J connectivity index is 3.38. The van der Waals surface area contributed by atoms with Crippen molar-refractivity contribution >= 4 is 15.9 Å². The standard InChI is InChI=1S/C12H18BrF2N3/c1-12(2,18(3)4)11(17-16)9-8(14)6-5-7(13)10(9)15/h5-6,11,17H,16H2,1-4H3. The van der Waals surface area contributed by atoms with E-state index in [1.165, 1.54) is 12.1 Å². The van der Waals surface area contributed by atoms with E-state index in [0.717, 1.165) is 0 Å². The Kier molecular flexibility index (Phi) is 4.83. The van der Waals surface area contributed by atoms with Gasteiger partial charge in [0.05, 0.1) is 10.5 Å². The fraction of sp³-hybridized carbons (Fsp3) is 0.500. The lowest BCUT2D eigenvalue weighted by molar-refractivity contribution is 0.133. The number of benzene rings is 1. The van der Waals surface area contributed by atoms with Crippen LogP contribution >= 0.6 is 15.9 Å². The molecule has 0 saturated carbocycles. The van der Waals surface area contributed by atoms with Crippen LogP contribution in [0.1, 0.15) is 25.5 Å². The summed E-state index contributed by atoms with van der Waals surface area (Å²) in [7, 11) is 3.66. The number of nitrogens with zero attached hydrogens (tertiary/aromatic N) is 1. The monoisotopic (exact) mass is 321 g/mol. The number of hydrazine groups is 1. The van der Waals surface area contributed by atoms with Gasteiger partial charge in [-0.3, -0.25) is 11.3 Å². The predicted molar refractivity (Wildman–Crippen MR) is 71.9 cm³/mol. The van der Waals surface area contributed by atoms with Crippen LogP contribution in [0.25, 0.3) is 0 Å². The third-order valence-electron chi connectivity index (χ3n) is 3.39. The molecule has 1 unspecified atom stereocenters. The molecule has 0 aliphatic rings. The molecule has 0 saturated heterocycles. The van der Waals surface area contributed by atoms with E-state index in [1.54, 1.807) is 0 Å². The minimum absolute atomic E-state index is 0.0643. The highest BCUT2D eigenvalue weighted by Gasteiger charge is 2.36. The Hall–Kier alpha value is -0.560. The molecule has 3 nitrogen and oxygen atoms in total. The van der Waals surface area contributed by atoms with Crippen LogP contribution in [0.5, 0.6) is 0 Å². The van der Waals surface area contributed by atoms with Crippen molar-refractivity contribution in [3.8, 4) is 0 Å². The lowest BCUT2D eigenvalue weighted by Gasteiger charge is -2.40. The van der Waals surface area contributed by atoms with Crippen LogP contribution in [0.3, 0.4) is 0 Å². The zero-order chi connectivity index (χ0) is 14.1. The Labute approximate surface area is 114 Å². The molecular weight excluding hydrogens is 304 g/mol. The van der Waals surface area contributed by atoms with Crippen molar-refractivity contribution in [3.63, 3.8) is 0 Å². The van der Waals surface area contributed by atoms with Crippen LogP contribution in [0.15, 0.2) is 16.6 Å². The molecule has 0 fully saturated rings. The highest BCUT2D eigenvalue weighted by molar-refractivity contribution is 9.10.